The highest BCUT2D eigenvalue weighted by Gasteiger charge is 2.41. The lowest BCUT2D eigenvalue weighted by Crippen LogP contribution is -2.37. The van der Waals surface area contributed by atoms with E-state index in [1.807, 2.05) is 25.1 Å². The van der Waals surface area contributed by atoms with Crippen molar-refractivity contribution in [3.05, 3.63) is 40.1 Å². The first kappa shape index (κ1) is 23.7. The normalized spacial score (nSPS) is 13.2. The van der Waals surface area contributed by atoms with Gasteiger partial charge in [0, 0.05) is 22.0 Å². The first-order valence-electron chi connectivity index (χ1n) is 11.1. The first-order valence-corrected chi connectivity index (χ1v) is 11.1. The summed E-state index contributed by atoms with van der Waals surface area (Å²) in [5, 5.41) is 12.5. The van der Waals surface area contributed by atoms with E-state index in [1.54, 1.807) is 13.1 Å². The zero-order valence-corrected chi connectivity index (χ0v) is 18.3. The number of aromatic nitrogens is 1. The summed E-state index contributed by atoms with van der Waals surface area (Å²) in [7, 11) is 0. The Labute approximate surface area is 178 Å². The molecule has 1 heterocycles. The molecule has 0 aliphatic carbocycles. The molecule has 2 rings (SSSR count). The monoisotopic (exact) mass is 418 g/mol. The number of benzene rings is 1. The number of hydrogen-bond acceptors (Lipinski definition) is 5. The van der Waals surface area contributed by atoms with Crippen LogP contribution in [0.5, 0.6) is 5.75 Å². The lowest BCUT2D eigenvalue weighted by atomic mass is 9.89. The predicted molar refractivity (Wildman–Crippen MR) is 118 cm³/mol. The first-order chi connectivity index (χ1) is 14.5. The number of fused-ring (bicyclic) bond motifs is 1. The van der Waals surface area contributed by atoms with Crippen LogP contribution in [0.1, 0.15) is 77.2 Å². The lowest BCUT2D eigenvalue weighted by molar-refractivity contribution is -0.514. The van der Waals surface area contributed by atoms with Crippen molar-refractivity contribution in [1.82, 2.24) is 4.98 Å². The standard InChI is InChI=1S/C23H34N2O5/c1-4-7-8-9-10-11-14-30-17-12-13-21-19(15-17)20(16-24-21)18(5-2)22(25(27)28)23(26)29-6-3/h12-13,15-16,18,22,24H,4-11,14H2,1-3H3. The van der Waals surface area contributed by atoms with Crippen LogP contribution >= 0.6 is 0 Å². The van der Waals surface area contributed by atoms with E-state index in [9.17, 15) is 14.9 Å². The minimum Gasteiger partial charge on any atom is -0.494 e. The average Bonchev–Trinajstić information content (AvgIpc) is 3.14. The van der Waals surface area contributed by atoms with Crippen LogP contribution in [0.3, 0.4) is 0 Å². The van der Waals surface area contributed by atoms with Gasteiger partial charge in [-0.2, -0.15) is 0 Å². The molecule has 7 nitrogen and oxygen atoms in total. The number of ether oxygens (including phenoxy) is 2. The van der Waals surface area contributed by atoms with Crippen molar-refractivity contribution in [3.8, 4) is 5.75 Å². The summed E-state index contributed by atoms with van der Waals surface area (Å²) in [6.45, 7) is 6.46. The van der Waals surface area contributed by atoms with Crippen molar-refractivity contribution in [2.24, 2.45) is 0 Å². The highest BCUT2D eigenvalue weighted by atomic mass is 16.6. The van der Waals surface area contributed by atoms with Gasteiger partial charge in [0.2, 0.25) is 0 Å². The predicted octanol–water partition coefficient (Wildman–Crippen LogP) is 5.61. The third-order valence-corrected chi connectivity index (χ3v) is 5.43. The number of unbranched alkanes of at least 4 members (excludes halogenated alkanes) is 5. The van der Waals surface area contributed by atoms with E-state index < -0.39 is 22.9 Å². The second-order valence-corrected chi connectivity index (χ2v) is 7.56. The zero-order valence-electron chi connectivity index (χ0n) is 18.3. The van der Waals surface area contributed by atoms with E-state index >= 15 is 0 Å². The third-order valence-electron chi connectivity index (χ3n) is 5.43. The van der Waals surface area contributed by atoms with Gasteiger partial charge in [-0.1, -0.05) is 46.0 Å². The second kappa shape index (κ2) is 12.2. The fraction of sp³-hybridized carbons (Fsp3) is 0.609. The molecule has 166 valence electrons. The molecule has 0 aliphatic rings. The number of nitro groups is 1. The van der Waals surface area contributed by atoms with Crippen molar-refractivity contribution >= 4 is 16.9 Å². The molecule has 2 aromatic rings. The number of aromatic amines is 1. The van der Waals surface area contributed by atoms with Crippen molar-refractivity contribution in [3.63, 3.8) is 0 Å². The number of esters is 1. The van der Waals surface area contributed by atoms with E-state index in [1.165, 1.54) is 25.7 Å². The van der Waals surface area contributed by atoms with E-state index in [4.69, 9.17) is 9.47 Å². The minimum absolute atomic E-state index is 0.115. The zero-order chi connectivity index (χ0) is 21.9. The Morgan fingerprint density at radius 1 is 1.13 bits per heavy atom. The van der Waals surface area contributed by atoms with Crippen molar-refractivity contribution < 1.29 is 19.2 Å². The van der Waals surface area contributed by atoms with Gasteiger partial charge in [0.15, 0.2) is 0 Å². The highest BCUT2D eigenvalue weighted by molar-refractivity contribution is 5.86. The number of carbonyl (C=O) groups excluding carboxylic acids is 1. The number of rotatable bonds is 14. The molecule has 0 aliphatic heterocycles. The van der Waals surface area contributed by atoms with Gasteiger partial charge in [-0.05, 0) is 43.5 Å². The molecule has 1 aromatic carbocycles. The molecule has 2 unspecified atom stereocenters. The molecule has 0 fully saturated rings. The summed E-state index contributed by atoms with van der Waals surface area (Å²) in [4.78, 5) is 26.5. The third kappa shape index (κ3) is 6.21. The summed E-state index contributed by atoms with van der Waals surface area (Å²) in [5.74, 6) is -0.638. The summed E-state index contributed by atoms with van der Waals surface area (Å²) in [5.41, 5.74) is 1.61. The van der Waals surface area contributed by atoms with Crippen LogP contribution in [0.25, 0.3) is 10.9 Å². The molecule has 0 bridgehead atoms. The molecule has 0 saturated carbocycles. The van der Waals surface area contributed by atoms with Crippen LogP contribution in [-0.2, 0) is 9.53 Å². The molecule has 1 N–H and O–H groups in total. The fourth-order valence-corrected chi connectivity index (χ4v) is 3.83. The highest BCUT2D eigenvalue weighted by Crippen LogP contribution is 2.34. The van der Waals surface area contributed by atoms with Crippen LogP contribution < -0.4 is 4.74 Å². The van der Waals surface area contributed by atoms with Gasteiger partial charge in [0.05, 0.1) is 19.1 Å². The van der Waals surface area contributed by atoms with E-state index in [-0.39, 0.29) is 6.61 Å². The van der Waals surface area contributed by atoms with Crippen LogP contribution in [0.2, 0.25) is 0 Å². The average molecular weight is 419 g/mol. The Bertz CT molecular complexity index is 817. The number of H-pyrrole nitrogens is 1. The summed E-state index contributed by atoms with van der Waals surface area (Å²) < 4.78 is 10.9. The molecule has 0 radical (unpaired) electrons. The van der Waals surface area contributed by atoms with Gasteiger partial charge in [0.25, 0.3) is 0 Å². The molecule has 2 atom stereocenters. The van der Waals surface area contributed by atoms with Crippen LogP contribution in [0.15, 0.2) is 24.4 Å². The number of hydrogen-bond donors (Lipinski definition) is 1. The van der Waals surface area contributed by atoms with Gasteiger partial charge < -0.3 is 14.5 Å². The van der Waals surface area contributed by atoms with Crippen molar-refractivity contribution in [1.29, 1.82) is 0 Å². The van der Waals surface area contributed by atoms with Crippen LogP contribution in [0, 0.1) is 10.1 Å². The molecule has 0 saturated heterocycles. The lowest BCUT2D eigenvalue weighted by Gasteiger charge is -2.18. The van der Waals surface area contributed by atoms with Gasteiger partial charge in [-0.3, -0.25) is 10.1 Å². The van der Waals surface area contributed by atoms with Crippen molar-refractivity contribution in [2.45, 2.75) is 77.7 Å². The Balaban J connectivity index is 2.14. The van der Waals surface area contributed by atoms with E-state index in [0.29, 0.717) is 13.0 Å². The summed E-state index contributed by atoms with van der Waals surface area (Å²) in [6, 6.07) is 4.29. The van der Waals surface area contributed by atoms with Gasteiger partial charge in [0.1, 0.15) is 5.75 Å². The number of nitrogens with one attached hydrogen (secondary N) is 1. The van der Waals surface area contributed by atoms with Gasteiger partial charge in [-0.25, -0.2) is 4.79 Å². The maximum absolute atomic E-state index is 12.3. The molecular weight excluding hydrogens is 384 g/mol. The quantitative estimate of drug-likeness (QED) is 0.186. The Hall–Kier alpha value is -2.57. The Morgan fingerprint density at radius 3 is 2.53 bits per heavy atom. The van der Waals surface area contributed by atoms with Crippen molar-refractivity contribution in [2.75, 3.05) is 13.2 Å². The fourth-order valence-electron chi connectivity index (χ4n) is 3.83. The molecule has 30 heavy (non-hydrogen) atoms. The summed E-state index contributed by atoms with van der Waals surface area (Å²) >= 11 is 0. The Kier molecular flexibility index (Phi) is 9.64. The maximum atomic E-state index is 12.3. The van der Waals surface area contributed by atoms with Crippen LogP contribution in [0.4, 0.5) is 0 Å². The SMILES string of the molecule is CCCCCCCCOc1ccc2[nH]cc(C(CC)C(C(=O)OCC)[N+](=O)[O-])c2c1. The Morgan fingerprint density at radius 2 is 1.87 bits per heavy atom. The molecular formula is C23H34N2O5. The topological polar surface area (TPSA) is 94.5 Å². The molecule has 0 spiro atoms. The molecule has 1 aromatic heterocycles. The number of nitrogens with zero attached hydrogens (tertiary/aromatic N) is 1. The molecule has 7 heteroatoms. The molecule has 0 amide bonds. The smallest absolute Gasteiger partial charge is 0.382 e. The summed E-state index contributed by atoms with van der Waals surface area (Å²) in [6.07, 6.45) is 9.38. The largest absolute Gasteiger partial charge is 0.494 e. The van der Waals surface area contributed by atoms with E-state index in [2.05, 4.69) is 11.9 Å². The van der Waals surface area contributed by atoms with Crippen LogP contribution in [-0.4, -0.2) is 35.1 Å². The van der Waals surface area contributed by atoms with Gasteiger partial charge >= 0.3 is 12.0 Å². The minimum atomic E-state index is -1.43. The second-order valence-electron chi connectivity index (χ2n) is 7.56. The van der Waals surface area contributed by atoms with Gasteiger partial charge in [-0.15, -0.1) is 0 Å². The van der Waals surface area contributed by atoms with E-state index in [0.717, 1.165) is 35.1 Å². The number of carbonyl (C=O) groups is 1. The maximum Gasteiger partial charge on any atom is 0.382 e.